The minimum Gasteiger partial charge on any atom is -0.325 e. The van der Waals surface area contributed by atoms with Gasteiger partial charge in [0.15, 0.2) is 0 Å². The molecule has 0 atom stereocenters. The Bertz CT molecular complexity index is 333. The van der Waals surface area contributed by atoms with Gasteiger partial charge in [0.1, 0.15) is 5.82 Å². The van der Waals surface area contributed by atoms with E-state index in [9.17, 15) is 9.18 Å². The highest BCUT2D eigenvalue weighted by atomic mass is 35.5. The molecule has 0 aromatic heterocycles. The number of rotatable bonds is 2. The summed E-state index contributed by atoms with van der Waals surface area (Å²) in [4.78, 5) is 10.8. The van der Waals surface area contributed by atoms with Crippen LogP contribution in [0.25, 0.3) is 0 Å². The zero-order chi connectivity index (χ0) is 9.84. The first-order valence-electron chi connectivity index (χ1n) is 3.58. The number of nitrogens with two attached hydrogens (primary N) is 1. The Hall–Kier alpha value is -0.840. The minimum absolute atomic E-state index is 0. The molecule has 6 heteroatoms. The van der Waals surface area contributed by atoms with Crippen LogP contribution in [0.3, 0.4) is 0 Å². The average molecular weight is 239 g/mol. The van der Waals surface area contributed by atoms with Gasteiger partial charge in [0.05, 0.1) is 11.6 Å². The molecule has 0 fully saturated rings. The molecule has 0 aliphatic rings. The van der Waals surface area contributed by atoms with E-state index < -0.39 is 5.82 Å². The first-order chi connectivity index (χ1) is 6.13. The molecule has 14 heavy (non-hydrogen) atoms. The van der Waals surface area contributed by atoms with E-state index in [2.05, 4.69) is 5.32 Å². The van der Waals surface area contributed by atoms with Crippen molar-refractivity contribution in [3.63, 3.8) is 0 Å². The van der Waals surface area contributed by atoms with Crippen LogP contribution in [0.4, 0.5) is 10.1 Å². The van der Waals surface area contributed by atoms with Crippen LogP contribution < -0.4 is 11.1 Å². The Morgan fingerprint density at radius 2 is 2.21 bits per heavy atom. The normalized spacial score (nSPS) is 9.07. The van der Waals surface area contributed by atoms with Gasteiger partial charge in [0.25, 0.3) is 0 Å². The second-order valence-electron chi connectivity index (χ2n) is 2.38. The first-order valence-corrected chi connectivity index (χ1v) is 3.96. The summed E-state index contributed by atoms with van der Waals surface area (Å²) < 4.78 is 12.8. The van der Waals surface area contributed by atoms with Crippen molar-refractivity contribution >= 4 is 35.6 Å². The molecular weight excluding hydrogens is 230 g/mol. The second kappa shape index (κ2) is 5.80. The zero-order valence-electron chi connectivity index (χ0n) is 7.09. The number of nitrogens with one attached hydrogen (secondary N) is 1. The summed E-state index contributed by atoms with van der Waals surface area (Å²) in [6, 6.07) is 4.00. The van der Waals surface area contributed by atoms with E-state index in [4.69, 9.17) is 17.3 Å². The van der Waals surface area contributed by atoms with Crippen LogP contribution in [-0.4, -0.2) is 12.5 Å². The van der Waals surface area contributed by atoms with Crippen LogP contribution >= 0.6 is 24.0 Å². The lowest BCUT2D eigenvalue weighted by atomic mass is 10.3. The molecule has 0 saturated carbocycles. The maximum absolute atomic E-state index is 12.8. The third kappa shape index (κ3) is 3.49. The predicted molar refractivity (Wildman–Crippen MR) is 56.3 cm³/mol. The van der Waals surface area contributed by atoms with Gasteiger partial charge in [-0.2, -0.15) is 0 Å². The molecule has 0 radical (unpaired) electrons. The molecule has 0 saturated heterocycles. The molecule has 0 bridgehead atoms. The molecule has 3 N–H and O–H groups in total. The number of hydrogen-bond donors (Lipinski definition) is 2. The molecule has 1 aromatic carbocycles. The number of halogens is 3. The number of benzene rings is 1. The van der Waals surface area contributed by atoms with Crippen molar-refractivity contribution in [2.45, 2.75) is 0 Å². The van der Waals surface area contributed by atoms with Gasteiger partial charge in [-0.05, 0) is 18.2 Å². The quantitative estimate of drug-likeness (QED) is 0.826. The Balaban J connectivity index is 0.00000169. The predicted octanol–water partition coefficient (Wildman–Crippen LogP) is 1.80. The Kier molecular flexibility index (Phi) is 5.45. The van der Waals surface area contributed by atoms with Gasteiger partial charge < -0.3 is 11.1 Å². The van der Waals surface area contributed by atoms with Crippen molar-refractivity contribution < 1.29 is 9.18 Å². The van der Waals surface area contributed by atoms with Crippen LogP contribution in [0.15, 0.2) is 18.2 Å². The molecule has 0 aliphatic carbocycles. The summed E-state index contributed by atoms with van der Waals surface area (Å²) in [5.41, 5.74) is 5.40. The average Bonchev–Trinajstić information content (AvgIpc) is 2.11. The van der Waals surface area contributed by atoms with Gasteiger partial charge in [0, 0.05) is 5.69 Å². The van der Waals surface area contributed by atoms with Gasteiger partial charge >= 0.3 is 0 Å². The van der Waals surface area contributed by atoms with Crippen LogP contribution in [0.5, 0.6) is 0 Å². The summed E-state index contributed by atoms with van der Waals surface area (Å²) in [5.74, 6) is -0.946. The fraction of sp³-hybridized carbons (Fsp3) is 0.125. The number of carbonyl (C=O) groups excluding carboxylic acids is 1. The molecule has 1 rings (SSSR count). The van der Waals surface area contributed by atoms with E-state index in [0.717, 1.165) is 6.07 Å². The highest BCUT2D eigenvalue weighted by Gasteiger charge is 2.02. The van der Waals surface area contributed by atoms with Crippen molar-refractivity contribution in [2.75, 3.05) is 11.9 Å². The van der Waals surface area contributed by atoms with E-state index >= 15 is 0 Å². The molecule has 0 spiro atoms. The fourth-order valence-corrected chi connectivity index (χ4v) is 0.903. The first kappa shape index (κ1) is 13.2. The third-order valence-electron chi connectivity index (χ3n) is 1.39. The molecular formula is C8H9Cl2FN2O. The Morgan fingerprint density at radius 3 is 2.71 bits per heavy atom. The van der Waals surface area contributed by atoms with Crippen molar-refractivity contribution in [3.05, 3.63) is 29.0 Å². The van der Waals surface area contributed by atoms with Crippen molar-refractivity contribution in [1.29, 1.82) is 0 Å². The number of amides is 1. The standard InChI is InChI=1S/C8H8ClFN2O.ClH/c9-6-2-1-5(3-7(6)10)12-8(13)4-11;/h1-3H,4,11H2,(H,12,13);1H. The molecule has 3 nitrogen and oxygen atoms in total. The number of anilines is 1. The van der Waals surface area contributed by atoms with Crippen LogP contribution in [0.1, 0.15) is 0 Å². The summed E-state index contributed by atoms with van der Waals surface area (Å²) >= 11 is 5.44. The van der Waals surface area contributed by atoms with Gasteiger partial charge in [-0.3, -0.25) is 4.79 Å². The van der Waals surface area contributed by atoms with E-state index in [0.29, 0.717) is 5.69 Å². The summed E-state index contributed by atoms with van der Waals surface area (Å²) in [6.45, 7) is -0.135. The second-order valence-corrected chi connectivity index (χ2v) is 2.79. The maximum atomic E-state index is 12.8. The highest BCUT2D eigenvalue weighted by Crippen LogP contribution is 2.18. The molecule has 0 heterocycles. The van der Waals surface area contributed by atoms with Gasteiger partial charge in [0.2, 0.25) is 5.91 Å². The van der Waals surface area contributed by atoms with Gasteiger partial charge in [-0.1, -0.05) is 11.6 Å². The smallest absolute Gasteiger partial charge is 0.238 e. The molecule has 0 aliphatic heterocycles. The van der Waals surface area contributed by atoms with Crippen molar-refractivity contribution in [3.8, 4) is 0 Å². The van der Waals surface area contributed by atoms with Crippen LogP contribution in [-0.2, 0) is 4.79 Å². The van der Waals surface area contributed by atoms with E-state index in [1.54, 1.807) is 0 Å². The lowest BCUT2D eigenvalue weighted by molar-refractivity contribution is -0.114. The molecule has 1 aromatic rings. The number of hydrogen-bond acceptors (Lipinski definition) is 2. The third-order valence-corrected chi connectivity index (χ3v) is 1.70. The van der Waals surface area contributed by atoms with Crippen LogP contribution in [0, 0.1) is 5.82 Å². The largest absolute Gasteiger partial charge is 0.325 e. The Labute approximate surface area is 91.8 Å². The maximum Gasteiger partial charge on any atom is 0.238 e. The topological polar surface area (TPSA) is 55.1 Å². The van der Waals surface area contributed by atoms with E-state index in [-0.39, 0.29) is 29.9 Å². The van der Waals surface area contributed by atoms with E-state index in [1.807, 2.05) is 0 Å². The van der Waals surface area contributed by atoms with Crippen molar-refractivity contribution in [2.24, 2.45) is 5.73 Å². The number of carbonyl (C=O) groups is 1. The summed E-state index contributed by atoms with van der Waals surface area (Å²) in [6.07, 6.45) is 0. The van der Waals surface area contributed by atoms with Gasteiger partial charge in [-0.15, -0.1) is 12.4 Å². The molecule has 78 valence electrons. The summed E-state index contributed by atoms with van der Waals surface area (Å²) in [5, 5.41) is 2.42. The summed E-state index contributed by atoms with van der Waals surface area (Å²) in [7, 11) is 0. The lowest BCUT2D eigenvalue weighted by Gasteiger charge is -2.03. The Morgan fingerprint density at radius 1 is 1.57 bits per heavy atom. The monoisotopic (exact) mass is 238 g/mol. The van der Waals surface area contributed by atoms with Gasteiger partial charge in [-0.25, -0.2) is 4.39 Å². The SMILES string of the molecule is Cl.NCC(=O)Nc1ccc(Cl)c(F)c1. The van der Waals surface area contributed by atoms with Crippen molar-refractivity contribution in [1.82, 2.24) is 0 Å². The molecule has 1 amide bonds. The zero-order valence-corrected chi connectivity index (χ0v) is 8.66. The van der Waals surface area contributed by atoms with E-state index in [1.165, 1.54) is 12.1 Å². The lowest BCUT2D eigenvalue weighted by Crippen LogP contribution is -2.21. The molecule has 0 unspecified atom stereocenters. The minimum atomic E-state index is -0.573. The fourth-order valence-electron chi connectivity index (χ4n) is 0.786. The highest BCUT2D eigenvalue weighted by molar-refractivity contribution is 6.30. The van der Waals surface area contributed by atoms with Crippen LogP contribution in [0.2, 0.25) is 5.02 Å².